The SMILES string of the molecule is Cc1cc(C=O)ccc1OCCCC1CCN(C)CC1. The van der Waals surface area contributed by atoms with Gasteiger partial charge in [-0.1, -0.05) is 0 Å². The predicted octanol–water partition coefficient (Wildman–Crippen LogP) is 3.31. The molecule has 0 amide bonds. The van der Waals surface area contributed by atoms with Crippen LogP contribution < -0.4 is 4.74 Å². The number of carbonyl (C=O) groups is 1. The Morgan fingerprint density at radius 2 is 2.10 bits per heavy atom. The van der Waals surface area contributed by atoms with Gasteiger partial charge in [-0.3, -0.25) is 4.79 Å². The first kappa shape index (κ1) is 15.0. The van der Waals surface area contributed by atoms with Crippen molar-refractivity contribution < 1.29 is 9.53 Å². The number of aldehydes is 1. The molecule has 110 valence electrons. The first-order valence-electron chi connectivity index (χ1n) is 7.56. The molecule has 0 spiro atoms. The number of rotatable bonds is 6. The number of aryl methyl sites for hydroxylation is 1. The maximum atomic E-state index is 10.7. The molecule has 1 aromatic rings. The van der Waals surface area contributed by atoms with Crippen LogP contribution in [0.2, 0.25) is 0 Å². The van der Waals surface area contributed by atoms with Crippen LogP contribution in [0.15, 0.2) is 18.2 Å². The van der Waals surface area contributed by atoms with E-state index in [1.165, 1.54) is 32.4 Å². The number of carbonyl (C=O) groups excluding carboxylic acids is 1. The molecule has 0 unspecified atom stereocenters. The molecule has 20 heavy (non-hydrogen) atoms. The zero-order valence-corrected chi connectivity index (χ0v) is 12.6. The number of piperidine rings is 1. The quantitative estimate of drug-likeness (QED) is 0.589. The first-order valence-corrected chi connectivity index (χ1v) is 7.56. The summed E-state index contributed by atoms with van der Waals surface area (Å²) in [6.07, 6.45) is 5.90. The summed E-state index contributed by atoms with van der Waals surface area (Å²) >= 11 is 0. The molecule has 1 aliphatic rings. The molecule has 0 aromatic heterocycles. The largest absolute Gasteiger partial charge is 0.493 e. The predicted molar refractivity (Wildman–Crippen MR) is 81.5 cm³/mol. The molecule has 0 N–H and O–H groups in total. The highest BCUT2D eigenvalue weighted by Gasteiger charge is 2.15. The summed E-state index contributed by atoms with van der Waals surface area (Å²) in [5.41, 5.74) is 1.75. The molecule has 0 atom stereocenters. The zero-order chi connectivity index (χ0) is 14.4. The second kappa shape index (κ2) is 7.44. The van der Waals surface area contributed by atoms with Gasteiger partial charge in [0.1, 0.15) is 12.0 Å². The number of hydrogen-bond donors (Lipinski definition) is 0. The summed E-state index contributed by atoms with van der Waals surface area (Å²) < 4.78 is 5.82. The molecule has 0 aliphatic carbocycles. The van der Waals surface area contributed by atoms with E-state index in [2.05, 4.69) is 11.9 Å². The van der Waals surface area contributed by atoms with Crippen molar-refractivity contribution in [2.45, 2.75) is 32.6 Å². The van der Waals surface area contributed by atoms with Gasteiger partial charge in [0.25, 0.3) is 0 Å². The number of nitrogens with zero attached hydrogens (tertiary/aromatic N) is 1. The third-order valence-electron chi connectivity index (χ3n) is 4.19. The topological polar surface area (TPSA) is 29.5 Å². The lowest BCUT2D eigenvalue weighted by molar-refractivity contribution is 0.112. The van der Waals surface area contributed by atoms with Crippen LogP contribution in [0.4, 0.5) is 0 Å². The van der Waals surface area contributed by atoms with E-state index >= 15 is 0 Å². The van der Waals surface area contributed by atoms with Crippen LogP contribution in [0.25, 0.3) is 0 Å². The van der Waals surface area contributed by atoms with Crippen molar-refractivity contribution >= 4 is 6.29 Å². The number of likely N-dealkylation sites (tertiary alicyclic amines) is 1. The van der Waals surface area contributed by atoms with Gasteiger partial charge in [0, 0.05) is 5.56 Å². The lowest BCUT2D eigenvalue weighted by Gasteiger charge is -2.28. The maximum absolute atomic E-state index is 10.7. The Kier molecular flexibility index (Phi) is 5.60. The summed E-state index contributed by atoms with van der Waals surface area (Å²) in [5.74, 6) is 1.77. The van der Waals surface area contributed by atoms with Crippen molar-refractivity contribution in [3.63, 3.8) is 0 Å². The Labute approximate surface area is 121 Å². The standard InChI is InChI=1S/C17H25NO2/c1-14-12-16(13-19)5-6-17(14)20-11-3-4-15-7-9-18(2)10-8-15/h5-6,12-13,15H,3-4,7-11H2,1-2H3. The average molecular weight is 275 g/mol. The minimum absolute atomic E-state index is 0.709. The summed E-state index contributed by atoms with van der Waals surface area (Å²) in [7, 11) is 2.20. The van der Waals surface area contributed by atoms with Crippen molar-refractivity contribution in [1.82, 2.24) is 4.90 Å². The van der Waals surface area contributed by atoms with Gasteiger partial charge in [0.15, 0.2) is 0 Å². The van der Waals surface area contributed by atoms with Gasteiger partial charge in [0.2, 0.25) is 0 Å². The smallest absolute Gasteiger partial charge is 0.150 e. The van der Waals surface area contributed by atoms with E-state index in [9.17, 15) is 4.79 Å². The van der Waals surface area contributed by atoms with Crippen LogP contribution in [0, 0.1) is 12.8 Å². The van der Waals surface area contributed by atoms with Crippen LogP contribution in [0.1, 0.15) is 41.6 Å². The first-order chi connectivity index (χ1) is 9.69. The van der Waals surface area contributed by atoms with Crippen molar-refractivity contribution in [3.8, 4) is 5.75 Å². The van der Waals surface area contributed by atoms with E-state index in [1.54, 1.807) is 0 Å². The van der Waals surface area contributed by atoms with Crippen LogP contribution >= 0.6 is 0 Å². The molecular formula is C17H25NO2. The van der Waals surface area contributed by atoms with E-state index in [-0.39, 0.29) is 0 Å². The van der Waals surface area contributed by atoms with E-state index in [0.717, 1.165) is 36.5 Å². The van der Waals surface area contributed by atoms with Crippen molar-refractivity contribution in [2.75, 3.05) is 26.7 Å². The summed E-state index contributed by atoms with van der Waals surface area (Å²) in [6.45, 7) is 5.22. The molecule has 3 nitrogen and oxygen atoms in total. The van der Waals surface area contributed by atoms with Crippen LogP contribution in [0.5, 0.6) is 5.75 Å². The Balaban J connectivity index is 1.69. The fourth-order valence-electron chi connectivity index (χ4n) is 2.81. The molecule has 3 heteroatoms. The lowest BCUT2D eigenvalue weighted by Crippen LogP contribution is -2.30. The van der Waals surface area contributed by atoms with Gasteiger partial charge in [-0.2, -0.15) is 0 Å². The van der Waals surface area contributed by atoms with E-state index in [0.29, 0.717) is 5.56 Å². The second-order valence-electron chi connectivity index (χ2n) is 5.88. The van der Waals surface area contributed by atoms with Crippen molar-refractivity contribution in [2.24, 2.45) is 5.92 Å². The summed E-state index contributed by atoms with van der Waals surface area (Å²) in [4.78, 5) is 13.1. The van der Waals surface area contributed by atoms with Crippen LogP contribution in [0.3, 0.4) is 0 Å². The third-order valence-corrected chi connectivity index (χ3v) is 4.19. The zero-order valence-electron chi connectivity index (χ0n) is 12.6. The van der Waals surface area contributed by atoms with Crippen molar-refractivity contribution in [1.29, 1.82) is 0 Å². The average Bonchev–Trinajstić information content (AvgIpc) is 2.46. The molecule has 1 heterocycles. The minimum atomic E-state index is 0.709. The third kappa shape index (κ3) is 4.34. The molecular weight excluding hydrogens is 250 g/mol. The molecule has 1 aromatic carbocycles. The maximum Gasteiger partial charge on any atom is 0.150 e. The molecule has 0 bridgehead atoms. The normalized spacial score (nSPS) is 17.1. The van der Waals surface area contributed by atoms with Gasteiger partial charge in [-0.15, -0.1) is 0 Å². The van der Waals surface area contributed by atoms with Gasteiger partial charge in [-0.25, -0.2) is 0 Å². The highest BCUT2D eigenvalue weighted by molar-refractivity contribution is 5.75. The monoisotopic (exact) mass is 275 g/mol. The lowest BCUT2D eigenvalue weighted by atomic mass is 9.93. The Bertz CT molecular complexity index is 437. The number of hydrogen-bond acceptors (Lipinski definition) is 3. The van der Waals surface area contributed by atoms with Gasteiger partial charge in [-0.05, 0) is 82.4 Å². The Morgan fingerprint density at radius 3 is 2.75 bits per heavy atom. The van der Waals surface area contributed by atoms with Gasteiger partial charge in [0.05, 0.1) is 6.61 Å². The Morgan fingerprint density at radius 1 is 1.35 bits per heavy atom. The van der Waals surface area contributed by atoms with Crippen LogP contribution in [-0.2, 0) is 0 Å². The molecule has 2 rings (SSSR count). The Hall–Kier alpha value is -1.35. The molecule has 0 radical (unpaired) electrons. The summed E-state index contributed by atoms with van der Waals surface area (Å²) in [5, 5.41) is 0. The number of ether oxygens (including phenoxy) is 1. The minimum Gasteiger partial charge on any atom is -0.493 e. The molecule has 0 saturated carbocycles. The van der Waals surface area contributed by atoms with E-state index in [4.69, 9.17) is 4.74 Å². The number of benzene rings is 1. The molecule has 1 saturated heterocycles. The van der Waals surface area contributed by atoms with E-state index in [1.807, 2.05) is 25.1 Å². The van der Waals surface area contributed by atoms with Crippen LogP contribution in [-0.4, -0.2) is 37.9 Å². The van der Waals surface area contributed by atoms with Crippen molar-refractivity contribution in [3.05, 3.63) is 29.3 Å². The highest BCUT2D eigenvalue weighted by atomic mass is 16.5. The molecule has 1 fully saturated rings. The van der Waals surface area contributed by atoms with E-state index < -0.39 is 0 Å². The fraction of sp³-hybridized carbons (Fsp3) is 0.588. The van der Waals surface area contributed by atoms with Gasteiger partial charge >= 0.3 is 0 Å². The van der Waals surface area contributed by atoms with Gasteiger partial charge < -0.3 is 9.64 Å². The highest BCUT2D eigenvalue weighted by Crippen LogP contribution is 2.22. The summed E-state index contributed by atoms with van der Waals surface area (Å²) in [6, 6.07) is 5.58. The second-order valence-corrected chi connectivity index (χ2v) is 5.88. The fourth-order valence-corrected chi connectivity index (χ4v) is 2.81. The molecule has 1 aliphatic heterocycles.